The van der Waals surface area contributed by atoms with Crippen LogP contribution < -0.4 is 16.0 Å². The molecule has 20 heavy (non-hydrogen) atoms. The lowest BCUT2D eigenvalue weighted by Gasteiger charge is -2.08. The Kier molecular flexibility index (Phi) is 4.26. The van der Waals surface area contributed by atoms with E-state index in [4.69, 9.17) is 22.2 Å². The highest BCUT2D eigenvalue weighted by atomic mass is 35.5. The zero-order valence-corrected chi connectivity index (χ0v) is 11.4. The smallest absolute Gasteiger partial charge is 0.263 e. The largest absolute Gasteiger partial charge is 0.503 e. The molecule has 0 saturated heterocycles. The van der Waals surface area contributed by atoms with Gasteiger partial charge in [-0.1, -0.05) is 11.6 Å². The number of benzene rings is 1. The van der Waals surface area contributed by atoms with Crippen molar-refractivity contribution >= 4 is 23.8 Å². The first-order chi connectivity index (χ1) is 9.61. The van der Waals surface area contributed by atoms with Crippen molar-refractivity contribution in [3.05, 3.63) is 29.0 Å². The quantitative estimate of drug-likeness (QED) is 0.434. The van der Waals surface area contributed by atoms with Gasteiger partial charge in [-0.15, -0.1) is 10.2 Å². The van der Waals surface area contributed by atoms with Crippen molar-refractivity contribution in [2.45, 2.75) is 6.92 Å². The molecule has 0 radical (unpaired) electrons. The number of nitrogen functional groups attached to an aromatic ring is 1. The molecule has 4 N–H and O–H groups in total. The molecule has 8 nitrogen and oxygen atoms in total. The first kappa shape index (κ1) is 13.9. The van der Waals surface area contributed by atoms with Gasteiger partial charge < -0.3 is 15.7 Å². The van der Waals surface area contributed by atoms with Crippen molar-refractivity contribution in [1.29, 1.82) is 0 Å². The molecule has 0 fully saturated rings. The first-order valence-electron chi connectivity index (χ1n) is 5.71. The predicted octanol–water partition coefficient (Wildman–Crippen LogP) is 1.20. The number of nitrogens with zero attached hydrogens (tertiary/aromatic N) is 4. The minimum absolute atomic E-state index is 0.0969. The van der Waals surface area contributed by atoms with Crippen LogP contribution in [0.2, 0.25) is 5.02 Å². The lowest BCUT2D eigenvalue weighted by molar-refractivity contribution is 0.318. The second-order valence-electron chi connectivity index (χ2n) is 3.71. The van der Waals surface area contributed by atoms with Crippen LogP contribution in [0.25, 0.3) is 0 Å². The van der Waals surface area contributed by atoms with Gasteiger partial charge in [-0.05, 0) is 24.6 Å². The lowest BCUT2D eigenvalue weighted by Crippen LogP contribution is -2.10. The Hall–Kier alpha value is -2.48. The number of nitrogens with one attached hydrogen (secondary N) is 1. The van der Waals surface area contributed by atoms with Gasteiger partial charge in [0.05, 0.1) is 17.8 Å². The van der Waals surface area contributed by atoms with Crippen LogP contribution >= 0.6 is 11.6 Å². The summed E-state index contributed by atoms with van der Waals surface area (Å²) in [7, 11) is 0. The summed E-state index contributed by atoms with van der Waals surface area (Å²) in [6.07, 6.45) is 2.82. The van der Waals surface area contributed by atoms with Crippen molar-refractivity contribution in [2.24, 2.45) is 5.10 Å². The van der Waals surface area contributed by atoms with Crippen LogP contribution in [0.1, 0.15) is 12.5 Å². The van der Waals surface area contributed by atoms with Crippen LogP contribution in [0.15, 0.2) is 23.6 Å². The van der Waals surface area contributed by atoms with E-state index < -0.39 is 0 Å². The highest BCUT2D eigenvalue weighted by molar-refractivity contribution is 6.32. The van der Waals surface area contributed by atoms with E-state index in [1.807, 2.05) is 6.92 Å². The SMILES string of the molecule is CCOc1cc(/C=N\Nc2nncn2N)cc(Cl)c1O. The fraction of sp³-hybridized carbons (Fsp3) is 0.182. The first-order valence-corrected chi connectivity index (χ1v) is 6.09. The Balaban J connectivity index is 2.15. The van der Waals surface area contributed by atoms with Crippen molar-refractivity contribution in [1.82, 2.24) is 14.9 Å². The maximum absolute atomic E-state index is 9.71. The molecule has 1 aromatic heterocycles. The van der Waals surface area contributed by atoms with Crippen LogP contribution in [-0.4, -0.2) is 32.8 Å². The van der Waals surface area contributed by atoms with Gasteiger partial charge in [0.2, 0.25) is 0 Å². The lowest BCUT2D eigenvalue weighted by atomic mass is 10.2. The number of aromatic hydroxyl groups is 1. The molecule has 0 saturated carbocycles. The summed E-state index contributed by atoms with van der Waals surface area (Å²) in [5, 5.41) is 21.1. The van der Waals surface area contributed by atoms with Gasteiger partial charge in [0.25, 0.3) is 5.95 Å². The number of ether oxygens (including phenoxy) is 1. The fourth-order valence-corrected chi connectivity index (χ4v) is 1.64. The van der Waals surface area contributed by atoms with E-state index in [1.54, 1.807) is 12.1 Å². The average molecular weight is 297 g/mol. The number of hydrogen-bond acceptors (Lipinski definition) is 7. The van der Waals surface area contributed by atoms with Gasteiger partial charge in [-0.2, -0.15) is 5.10 Å². The summed E-state index contributed by atoms with van der Waals surface area (Å²) in [6, 6.07) is 3.17. The summed E-state index contributed by atoms with van der Waals surface area (Å²) in [5.74, 6) is 5.99. The molecular weight excluding hydrogens is 284 g/mol. The number of hydrogen-bond donors (Lipinski definition) is 3. The zero-order chi connectivity index (χ0) is 14.5. The highest BCUT2D eigenvalue weighted by Crippen LogP contribution is 2.34. The van der Waals surface area contributed by atoms with Crippen LogP contribution in [0.3, 0.4) is 0 Å². The standard InChI is InChI=1S/C11H13ClN6O2/c1-2-20-9-4-7(3-8(12)10(9)19)5-14-16-11-17-15-6-18(11)13/h3-6,19H,2,13H2,1H3,(H,16,17)/b14-5-. The monoisotopic (exact) mass is 296 g/mol. The second kappa shape index (κ2) is 6.11. The number of phenolic OH excluding ortho intramolecular Hbond substituents is 1. The summed E-state index contributed by atoms with van der Waals surface area (Å²) in [4.78, 5) is 0. The maximum Gasteiger partial charge on any atom is 0.263 e. The predicted molar refractivity (Wildman–Crippen MR) is 75.7 cm³/mol. The number of anilines is 1. The van der Waals surface area contributed by atoms with E-state index in [-0.39, 0.29) is 16.7 Å². The number of nitrogens with two attached hydrogens (primary N) is 1. The summed E-state index contributed by atoms with van der Waals surface area (Å²) < 4.78 is 6.45. The van der Waals surface area contributed by atoms with Gasteiger partial charge in [-0.25, -0.2) is 10.1 Å². The normalized spacial score (nSPS) is 10.9. The highest BCUT2D eigenvalue weighted by Gasteiger charge is 2.08. The third-order valence-corrected chi connectivity index (χ3v) is 2.59. The molecular formula is C11H13ClN6O2. The van der Waals surface area contributed by atoms with E-state index in [1.165, 1.54) is 17.2 Å². The van der Waals surface area contributed by atoms with Crippen molar-refractivity contribution < 1.29 is 9.84 Å². The van der Waals surface area contributed by atoms with Crippen LogP contribution in [0, 0.1) is 0 Å². The molecule has 0 aliphatic carbocycles. The second-order valence-corrected chi connectivity index (χ2v) is 4.12. The van der Waals surface area contributed by atoms with Crippen molar-refractivity contribution in [3.8, 4) is 11.5 Å². The van der Waals surface area contributed by atoms with Gasteiger partial charge in [0.1, 0.15) is 6.33 Å². The molecule has 0 atom stereocenters. The Bertz CT molecular complexity index is 627. The van der Waals surface area contributed by atoms with Crippen molar-refractivity contribution in [2.75, 3.05) is 17.9 Å². The van der Waals surface area contributed by atoms with Crippen LogP contribution in [-0.2, 0) is 0 Å². The molecule has 0 bridgehead atoms. The zero-order valence-electron chi connectivity index (χ0n) is 10.6. The molecule has 0 spiro atoms. The molecule has 0 unspecified atom stereocenters. The third kappa shape index (κ3) is 3.09. The number of halogens is 1. The van der Waals surface area contributed by atoms with Crippen molar-refractivity contribution in [3.63, 3.8) is 0 Å². The molecule has 0 amide bonds. The molecule has 2 aromatic rings. The molecule has 106 valence electrons. The molecule has 0 aliphatic rings. The number of hydrazone groups is 1. The Morgan fingerprint density at radius 3 is 3.05 bits per heavy atom. The minimum atomic E-state index is -0.0969. The van der Waals surface area contributed by atoms with Gasteiger partial charge in [-0.3, -0.25) is 0 Å². The maximum atomic E-state index is 9.71. The fourth-order valence-electron chi connectivity index (χ4n) is 1.42. The van der Waals surface area contributed by atoms with E-state index >= 15 is 0 Å². The molecule has 0 aliphatic heterocycles. The summed E-state index contributed by atoms with van der Waals surface area (Å²) >= 11 is 5.90. The van der Waals surface area contributed by atoms with E-state index in [0.717, 1.165) is 0 Å². The number of rotatable bonds is 5. The third-order valence-electron chi connectivity index (χ3n) is 2.30. The number of aromatic nitrogens is 3. The molecule has 9 heteroatoms. The Morgan fingerprint density at radius 1 is 1.60 bits per heavy atom. The summed E-state index contributed by atoms with van der Waals surface area (Å²) in [5.41, 5.74) is 3.26. The van der Waals surface area contributed by atoms with Gasteiger partial charge in [0.15, 0.2) is 11.5 Å². The minimum Gasteiger partial charge on any atom is -0.503 e. The van der Waals surface area contributed by atoms with E-state index in [9.17, 15) is 5.11 Å². The summed E-state index contributed by atoms with van der Waals surface area (Å²) in [6.45, 7) is 2.22. The van der Waals surface area contributed by atoms with Crippen LogP contribution in [0.5, 0.6) is 11.5 Å². The van der Waals surface area contributed by atoms with Gasteiger partial charge in [0, 0.05) is 0 Å². The molecule has 2 rings (SSSR count). The topological polar surface area (TPSA) is 111 Å². The molecule has 1 aromatic carbocycles. The van der Waals surface area contributed by atoms with E-state index in [2.05, 4.69) is 20.7 Å². The molecule has 1 heterocycles. The average Bonchev–Trinajstić information content (AvgIpc) is 2.81. The van der Waals surface area contributed by atoms with Gasteiger partial charge >= 0.3 is 0 Å². The Labute approximate surface area is 119 Å². The van der Waals surface area contributed by atoms with E-state index in [0.29, 0.717) is 17.9 Å². The van der Waals surface area contributed by atoms with Crippen LogP contribution in [0.4, 0.5) is 5.95 Å². The number of phenols is 1. The Morgan fingerprint density at radius 2 is 2.40 bits per heavy atom.